The molecule has 0 radical (unpaired) electrons. The van der Waals surface area contributed by atoms with Gasteiger partial charge in [0.05, 0.1) is 18.4 Å². The van der Waals surface area contributed by atoms with E-state index in [0.717, 1.165) is 17.9 Å². The summed E-state index contributed by atoms with van der Waals surface area (Å²) in [7, 11) is 0. The van der Waals surface area contributed by atoms with Crippen molar-refractivity contribution in [2.75, 3.05) is 6.54 Å². The van der Waals surface area contributed by atoms with Crippen molar-refractivity contribution in [1.29, 1.82) is 0 Å². The van der Waals surface area contributed by atoms with E-state index in [0.29, 0.717) is 5.56 Å². The summed E-state index contributed by atoms with van der Waals surface area (Å²) in [6, 6.07) is 6.89. The van der Waals surface area contributed by atoms with E-state index in [1.165, 1.54) is 6.07 Å². The van der Waals surface area contributed by atoms with Crippen LogP contribution in [0.3, 0.4) is 0 Å². The summed E-state index contributed by atoms with van der Waals surface area (Å²) in [5.41, 5.74) is 0.332. The molecule has 2 aromatic rings. The van der Waals surface area contributed by atoms with Gasteiger partial charge < -0.3 is 14.8 Å². The third kappa shape index (κ3) is 3.39. The molecule has 0 aliphatic carbocycles. The van der Waals surface area contributed by atoms with E-state index in [9.17, 15) is 13.9 Å². The third-order valence-corrected chi connectivity index (χ3v) is 2.92. The molecule has 102 valence electrons. The maximum Gasteiger partial charge on any atom is 0.159 e. The van der Waals surface area contributed by atoms with Gasteiger partial charge in [0.1, 0.15) is 5.76 Å². The molecule has 1 aromatic heterocycles. The van der Waals surface area contributed by atoms with Gasteiger partial charge in [0.15, 0.2) is 11.6 Å². The molecule has 1 unspecified atom stereocenters. The van der Waals surface area contributed by atoms with Gasteiger partial charge in [-0.25, -0.2) is 8.78 Å². The van der Waals surface area contributed by atoms with Crippen LogP contribution in [0.25, 0.3) is 0 Å². The van der Waals surface area contributed by atoms with E-state index >= 15 is 0 Å². The summed E-state index contributed by atoms with van der Waals surface area (Å²) in [4.78, 5) is 0. The standard InChI is InChI=1S/C14H15F2NO2/c1-9(14-3-2-6-19-14)17-8-13(18)10-4-5-11(15)12(16)7-10/h2-7,9,13,17-18H,8H2,1H3/t9-,13?/m0/s1. The zero-order chi connectivity index (χ0) is 13.8. The summed E-state index contributed by atoms with van der Waals surface area (Å²) in [6.45, 7) is 2.10. The maximum atomic E-state index is 13.0. The number of nitrogens with one attached hydrogen (secondary N) is 1. The Bertz CT molecular complexity index is 528. The van der Waals surface area contributed by atoms with Crippen molar-refractivity contribution in [3.05, 3.63) is 59.6 Å². The van der Waals surface area contributed by atoms with Gasteiger partial charge >= 0.3 is 0 Å². The number of rotatable bonds is 5. The van der Waals surface area contributed by atoms with Crippen LogP contribution in [0.5, 0.6) is 0 Å². The molecular formula is C14H15F2NO2. The van der Waals surface area contributed by atoms with Gasteiger partial charge in [0.2, 0.25) is 0 Å². The highest BCUT2D eigenvalue weighted by Gasteiger charge is 2.13. The van der Waals surface area contributed by atoms with Gasteiger partial charge in [-0.3, -0.25) is 0 Å². The lowest BCUT2D eigenvalue weighted by Gasteiger charge is -2.16. The Labute approximate surface area is 109 Å². The smallest absolute Gasteiger partial charge is 0.159 e. The van der Waals surface area contributed by atoms with Crippen molar-refractivity contribution in [2.45, 2.75) is 19.1 Å². The molecular weight excluding hydrogens is 252 g/mol. The van der Waals surface area contributed by atoms with E-state index in [1.807, 2.05) is 13.0 Å². The highest BCUT2D eigenvalue weighted by molar-refractivity contribution is 5.20. The fourth-order valence-electron chi connectivity index (χ4n) is 1.76. The minimum Gasteiger partial charge on any atom is -0.468 e. The number of hydrogen-bond donors (Lipinski definition) is 2. The molecule has 2 N–H and O–H groups in total. The van der Waals surface area contributed by atoms with Crippen LogP contribution in [0.2, 0.25) is 0 Å². The lowest BCUT2D eigenvalue weighted by molar-refractivity contribution is 0.168. The van der Waals surface area contributed by atoms with Gasteiger partial charge in [-0.15, -0.1) is 0 Å². The second kappa shape index (κ2) is 5.95. The quantitative estimate of drug-likeness (QED) is 0.875. The number of benzene rings is 1. The van der Waals surface area contributed by atoms with Crippen molar-refractivity contribution in [3.8, 4) is 0 Å². The van der Waals surface area contributed by atoms with Crippen molar-refractivity contribution in [3.63, 3.8) is 0 Å². The van der Waals surface area contributed by atoms with Crippen LogP contribution in [0.1, 0.15) is 30.4 Å². The average molecular weight is 267 g/mol. The first-order valence-electron chi connectivity index (χ1n) is 5.97. The molecule has 3 nitrogen and oxygen atoms in total. The molecule has 0 saturated heterocycles. The molecule has 0 fully saturated rings. The highest BCUT2D eigenvalue weighted by atomic mass is 19.2. The van der Waals surface area contributed by atoms with Crippen LogP contribution in [0.15, 0.2) is 41.0 Å². The topological polar surface area (TPSA) is 45.4 Å². The SMILES string of the molecule is C[C@H](NCC(O)c1ccc(F)c(F)c1)c1ccco1. The first-order valence-corrected chi connectivity index (χ1v) is 5.97. The molecule has 0 spiro atoms. The molecule has 1 heterocycles. The van der Waals surface area contributed by atoms with E-state index in [4.69, 9.17) is 4.42 Å². The highest BCUT2D eigenvalue weighted by Crippen LogP contribution is 2.18. The van der Waals surface area contributed by atoms with Crippen molar-refractivity contribution >= 4 is 0 Å². The summed E-state index contributed by atoms with van der Waals surface area (Å²) in [5.74, 6) is -1.14. The Kier molecular flexibility index (Phi) is 4.29. The average Bonchev–Trinajstić information content (AvgIpc) is 2.92. The number of furan rings is 1. The molecule has 2 rings (SSSR count). The van der Waals surface area contributed by atoms with Crippen LogP contribution in [0.4, 0.5) is 8.78 Å². The van der Waals surface area contributed by atoms with E-state index in [1.54, 1.807) is 12.3 Å². The van der Waals surface area contributed by atoms with E-state index in [2.05, 4.69) is 5.32 Å². The largest absolute Gasteiger partial charge is 0.468 e. The predicted molar refractivity (Wildman–Crippen MR) is 66.4 cm³/mol. The molecule has 0 aliphatic heterocycles. The monoisotopic (exact) mass is 267 g/mol. The van der Waals surface area contributed by atoms with Gasteiger partial charge in [-0.05, 0) is 36.8 Å². The first kappa shape index (κ1) is 13.7. The molecule has 0 amide bonds. The number of aliphatic hydroxyl groups excluding tert-OH is 1. The van der Waals surface area contributed by atoms with Crippen molar-refractivity contribution in [2.24, 2.45) is 0 Å². The zero-order valence-electron chi connectivity index (χ0n) is 10.4. The number of halogens is 2. The van der Waals surface area contributed by atoms with Gasteiger partial charge in [0.25, 0.3) is 0 Å². The molecule has 5 heteroatoms. The van der Waals surface area contributed by atoms with Gasteiger partial charge in [-0.1, -0.05) is 6.07 Å². The van der Waals surface area contributed by atoms with E-state index < -0.39 is 17.7 Å². The summed E-state index contributed by atoms with van der Waals surface area (Å²) in [6.07, 6.45) is 0.659. The Balaban J connectivity index is 1.93. The summed E-state index contributed by atoms with van der Waals surface area (Å²) >= 11 is 0. The molecule has 0 aliphatic rings. The number of aliphatic hydroxyl groups is 1. The second-order valence-corrected chi connectivity index (χ2v) is 4.33. The predicted octanol–water partition coefficient (Wildman–Crippen LogP) is 2.94. The third-order valence-electron chi connectivity index (χ3n) is 2.92. The lowest BCUT2D eigenvalue weighted by atomic mass is 10.1. The van der Waals surface area contributed by atoms with Crippen molar-refractivity contribution in [1.82, 2.24) is 5.32 Å². The van der Waals surface area contributed by atoms with Gasteiger partial charge in [-0.2, -0.15) is 0 Å². The number of hydrogen-bond acceptors (Lipinski definition) is 3. The molecule has 2 atom stereocenters. The van der Waals surface area contributed by atoms with Crippen LogP contribution < -0.4 is 5.32 Å². The van der Waals surface area contributed by atoms with Gasteiger partial charge in [0, 0.05) is 6.54 Å². The minimum absolute atomic E-state index is 0.0741. The van der Waals surface area contributed by atoms with Crippen LogP contribution in [-0.4, -0.2) is 11.7 Å². The lowest BCUT2D eigenvalue weighted by Crippen LogP contribution is -2.24. The van der Waals surface area contributed by atoms with E-state index in [-0.39, 0.29) is 12.6 Å². The fourth-order valence-corrected chi connectivity index (χ4v) is 1.76. The summed E-state index contributed by atoms with van der Waals surface area (Å²) < 4.78 is 31.0. The molecule has 0 bridgehead atoms. The minimum atomic E-state index is -0.962. The van der Waals surface area contributed by atoms with Crippen molar-refractivity contribution < 1.29 is 18.3 Å². The van der Waals surface area contributed by atoms with Crippen LogP contribution in [-0.2, 0) is 0 Å². The maximum absolute atomic E-state index is 13.0. The normalized spacial score (nSPS) is 14.3. The zero-order valence-corrected chi connectivity index (χ0v) is 10.4. The Morgan fingerprint density at radius 1 is 1.26 bits per heavy atom. The fraction of sp³-hybridized carbons (Fsp3) is 0.286. The Hall–Kier alpha value is -1.72. The molecule has 19 heavy (non-hydrogen) atoms. The van der Waals surface area contributed by atoms with Crippen LogP contribution >= 0.6 is 0 Å². The second-order valence-electron chi connectivity index (χ2n) is 4.33. The molecule has 1 aromatic carbocycles. The Morgan fingerprint density at radius 3 is 2.68 bits per heavy atom. The molecule has 0 saturated carbocycles. The summed E-state index contributed by atoms with van der Waals surface area (Å²) in [5, 5.41) is 13.0. The van der Waals surface area contributed by atoms with Crippen LogP contribution in [0, 0.1) is 11.6 Å². The first-order chi connectivity index (χ1) is 9.08. The Morgan fingerprint density at radius 2 is 2.05 bits per heavy atom.